The van der Waals surface area contributed by atoms with Crippen LogP contribution in [0.5, 0.6) is 11.5 Å². The van der Waals surface area contributed by atoms with Gasteiger partial charge in [-0.05, 0) is 49.2 Å². The predicted octanol–water partition coefficient (Wildman–Crippen LogP) is 3.59. The van der Waals surface area contributed by atoms with Crippen LogP contribution in [-0.2, 0) is 4.79 Å². The van der Waals surface area contributed by atoms with E-state index in [1.54, 1.807) is 24.5 Å². The zero-order valence-corrected chi connectivity index (χ0v) is 15.6. The third kappa shape index (κ3) is 4.05. The molecule has 1 aromatic heterocycles. The second-order valence-electron chi connectivity index (χ2n) is 5.67. The van der Waals surface area contributed by atoms with Gasteiger partial charge in [0.1, 0.15) is 6.33 Å². The van der Waals surface area contributed by atoms with Crippen molar-refractivity contribution in [2.24, 2.45) is 0 Å². The Morgan fingerprint density at radius 2 is 1.88 bits per heavy atom. The van der Waals surface area contributed by atoms with Crippen LogP contribution in [0.3, 0.4) is 0 Å². The molecule has 0 radical (unpaired) electrons. The molecule has 6 nitrogen and oxygen atoms in total. The van der Waals surface area contributed by atoms with Gasteiger partial charge < -0.3 is 9.47 Å². The van der Waals surface area contributed by atoms with Crippen LogP contribution in [0.15, 0.2) is 53.9 Å². The van der Waals surface area contributed by atoms with E-state index in [0.717, 1.165) is 5.69 Å². The molecule has 0 bridgehead atoms. The van der Waals surface area contributed by atoms with Crippen molar-refractivity contribution in [3.63, 3.8) is 0 Å². The highest BCUT2D eigenvalue weighted by atomic mass is 32.2. The number of nitrogens with zero attached hydrogens (tertiary/aromatic N) is 3. The molecule has 2 aromatic carbocycles. The van der Waals surface area contributed by atoms with E-state index in [1.807, 2.05) is 16.7 Å². The van der Waals surface area contributed by atoms with E-state index in [2.05, 4.69) is 36.2 Å². The quantitative estimate of drug-likeness (QED) is 0.376. The smallest absolute Gasteiger partial charge is 0.321 e. The van der Waals surface area contributed by atoms with Crippen LogP contribution >= 0.6 is 11.8 Å². The largest absolute Gasteiger partial charge is 0.493 e. The molecule has 0 saturated heterocycles. The van der Waals surface area contributed by atoms with E-state index < -0.39 is 0 Å². The van der Waals surface area contributed by atoms with E-state index in [1.165, 1.54) is 30.0 Å². The van der Waals surface area contributed by atoms with Crippen molar-refractivity contribution in [1.29, 1.82) is 0 Å². The van der Waals surface area contributed by atoms with Gasteiger partial charge in [0, 0.05) is 5.69 Å². The Labute approximate surface area is 156 Å². The number of carbonyl (C=O) groups is 1. The van der Waals surface area contributed by atoms with E-state index >= 15 is 0 Å². The van der Waals surface area contributed by atoms with Crippen LogP contribution in [0.25, 0.3) is 5.69 Å². The first-order chi connectivity index (χ1) is 12.6. The number of carbonyl (C=O) groups excluding carboxylic acids is 1. The maximum Gasteiger partial charge on any atom is 0.321 e. The lowest BCUT2D eigenvalue weighted by Crippen LogP contribution is -2.12. The van der Waals surface area contributed by atoms with Crippen molar-refractivity contribution >= 4 is 17.7 Å². The van der Waals surface area contributed by atoms with Crippen molar-refractivity contribution in [3.8, 4) is 17.2 Å². The van der Waals surface area contributed by atoms with Gasteiger partial charge in [0.05, 0.1) is 12.9 Å². The SMILES string of the molecule is COc1ccccc1OC(=O)CSc1nncn1-c1ccc(C)c(C)c1. The summed E-state index contributed by atoms with van der Waals surface area (Å²) in [5.74, 6) is 0.649. The number of esters is 1. The minimum atomic E-state index is -0.380. The summed E-state index contributed by atoms with van der Waals surface area (Å²) in [7, 11) is 1.54. The molecule has 0 fully saturated rings. The van der Waals surface area contributed by atoms with Gasteiger partial charge >= 0.3 is 5.97 Å². The fourth-order valence-corrected chi connectivity index (χ4v) is 3.06. The van der Waals surface area contributed by atoms with Crippen molar-refractivity contribution in [3.05, 3.63) is 59.9 Å². The fourth-order valence-electron chi connectivity index (χ4n) is 2.35. The highest BCUT2D eigenvalue weighted by Crippen LogP contribution is 2.27. The van der Waals surface area contributed by atoms with Gasteiger partial charge in [-0.15, -0.1) is 10.2 Å². The van der Waals surface area contributed by atoms with Crippen LogP contribution in [0.2, 0.25) is 0 Å². The van der Waals surface area contributed by atoms with Gasteiger partial charge in [0.15, 0.2) is 16.7 Å². The minimum absolute atomic E-state index is 0.113. The average molecular weight is 369 g/mol. The zero-order chi connectivity index (χ0) is 18.5. The van der Waals surface area contributed by atoms with Crippen LogP contribution in [0.1, 0.15) is 11.1 Å². The Bertz CT molecular complexity index is 924. The average Bonchev–Trinajstić information content (AvgIpc) is 3.11. The molecule has 0 aliphatic heterocycles. The number of hydrogen-bond donors (Lipinski definition) is 0. The monoisotopic (exact) mass is 369 g/mol. The number of ether oxygens (including phenoxy) is 2. The lowest BCUT2D eigenvalue weighted by molar-refractivity contribution is -0.131. The number of methoxy groups -OCH3 is 1. The van der Waals surface area contributed by atoms with E-state index in [4.69, 9.17) is 9.47 Å². The molecule has 0 aliphatic carbocycles. The lowest BCUT2D eigenvalue weighted by Gasteiger charge is -2.10. The van der Waals surface area contributed by atoms with Crippen LogP contribution < -0.4 is 9.47 Å². The first-order valence-electron chi connectivity index (χ1n) is 8.02. The van der Waals surface area contributed by atoms with E-state index in [9.17, 15) is 4.79 Å². The molecule has 0 spiro atoms. The van der Waals surface area contributed by atoms with Crippen molar-refractivity contribution in [2.45, 2.75) is 19.0 Å². The van der Waals surface area contributed by atoms with Gasteiger partial charge in [-0.25, -0.2) is 0 Å². The Morgan fingerprint density at radius 3 is 2.62 bits per heavy atom. The molecule has 26 heavy (non-hydrogen) atoms. The third-order valence-electron chi connectivity index (χ3n) is 3.90. The Morgan fingerprint density at radius 1 is 1.12 bits per heavy atom. The number of thioether (sulfide) groups is 1. The third-order valence-corrected chi connectivity index (χ3v) is 4.81. The van der Waals surface area contributed by atoms with Gasteiger partial charge in [-0.3, -0.25) is 9.36 Å². The summed E-state index contributed by atoms with van der Waals surface area (Å²) in [5.41, 5.74) is 3.36. The molecule has 0 aliphatic rings. The summed E-state index contributed by atoms with van der Waals surface area (Å²) >= 11 is 1.27. The van der Waals surface area contributed by atoms with Crippen molar-refractivity contribution in [1.82, 2.24) is 14.8 Å². The van der Waals surface area contributed by atoms with Gasteiger partial charge in [0.25, 0.3) is 0 Å². The summed E-state index contributed by atoms with van der Waals surface area (Å²) in [5, 5.41) is 8.69. The maximum atomic E-state index is 12.2. The number of para-hydroxylation sites is 2. The highest BCUT2D eigenvalue weighted by molar-refractivity contribution is 7.99. The minimum Gasteiger partial charge on any atom is -0.493 e. The highest BCUT2D eigenvalue weighted by Gasteiger charge is 2.13. The van der Waals surface area contributed by atoms with Crippen LogP contribution in [0, 0.1) is 13.8 Å². The Kier molecular flexibility index (Phi) is 5.58. The lowest BCUT2D eigenvalue weighted by atomic mass is 10.1. The van der Waals surface area contributed by atoms with Gasteiger partial charge in [0.2, 0.25) is 0 Å². The number of hydrogen-bond acceptors (Lipinski definition) is 6. The fraction of sp³-hybridized carbons (Fsp3) is 0.211. The number of aromatic nitrogens is 3. The molecule has 7 heteroatoms. The first-order valence-corrected chi connectivity index (χ1v) is 9.01. The summed E-state index contributed by atoms with van der Waals surface area (Å²) in [6.45, 7) is 4.12. The van der Waals surface area contributed by atoms with Crippen molar-refractivity contribution < 1.29 is 14.3 Å². The molecule has 1 heterocycles. The van der Waals surface area contributed by atoms with Crippen molar-refractivity contribution in [2.75, 3.05) is 12.9 Å². The topological polar surface area (TPSA) is 66.2 Å². The Hall–Kier alpha value is -2.80. The van der Waals surface area contributed by atoms with E-state index in [0.29, 0.717) is 16.7 Å². The van der Waals surface area contributed by atoms with Gasteiger partial charge in [-0.2, -0.15) is 0 Å². The summed E-state index contributed by atoms with van der Waals surface area (Å²) in [6, 6.07) is 13.2. The molecule has 0 saturated carbocycles. The molecule has 134 valence electrons. The molecular formula is C19H19N3O3S. The second kappa shape index (κ2) is 8.05. The first kappa shape index (κ1) is 18.0. The zero-order valence-electron chi connectivity index (χ0n) is 14.8. The molecule has 0 amide bonds. The molecule has 0 unspecified atom stereocenters. The predicted molar refractivity (Wildman–Crippen MR) is 100 cm³/mol. The number of rotatable bonds is 6. The second-order valence-corrected chi connectivity index (χ2v) is 6.61. The summed E-state index contributed by atoms with van der Waals surface area (Å²) in [6.07, 6.45) is 1.64. The molecular weight excluding hydrogens is 350 g/mol. The van der Waals surface area contributed by atoms with Crippen LogP contribution in [0.4, 0.5) is 0 Å². The molecule has 0 N–H and O–H groups in total. The number of benzene rings is 2. The van der Waals surface area contributed by atoms with Gasteiger partial charge in [-0.1, -0.05) is 30.0 Å². The normalized spacial score (nSPS) is 10.6. The molecule has 0 atom stereocenters. The standard InChI is InChI=1S/C19H19N3O3S/c1-13-8-9-15(10-14(13)2)22-12-20-21-19(22)26-11-18(23)25-17-7-5-4-6-16(17)24-3/h4-10,12H,11H2,1-3H3. The number of aryl methyl sites for hydroxylation is 2. The molecule has 3 rings (SSSR count). The summed E-state index contributed by atoms with van der Waals surface area (Å²) in [4.78, 5) is 12.2. The summed E-state index contributed by atoms with van der Waals surface area (Å²) < 4.78 is 12.4. The van der Waals surface area contributed by atoms with E-state index in [-0.39, 0.29) is 11.7 Å². The Balaban J connectivity index is 1.68. The maximum absolute atomic E-state index is 12.2. The van der Waals surface area contributed by atoms with Crippen LogP contribution in [-0.4, -0.2) is 33.6 Å². The molecule has 3 aromatic rings.